The monoisotopic (exact) mass is 498 g/mol. The summed E-state index contributed by atoms with van der Waals surface area (Å²) in [6, 6.07) is 16.6. The van der Waals surface area contributed by atoms with E-state index in [1.165, 1.54) is 48.5 Å². The molecule has 3 aromatic rings. The molecule has 0 amide bonds. The Labute approximate surface area is 257 Å². The van der Waals surface area contributed by atoms with E-state index < -0.39 is 20.2 Å². The SMILES string of the molecule is O=S(=O)([O-])c1ccc(-c2cccc(P)c2-c2ccc(S(=O)(=O)[O-])cc2)cc1.[K+].[K+]. The van der Waals surface area contributed by atoms with E-state index in [1.54, 1.807) is 0 Å². The number of benzene rings is 3. The third-order valence-corrected chi connectivity index (χ3v) is 6.16. The molecule has 11 heteroatoms. The first-order valence-corrected chi connectivity index (χ1v) is 11.0. The molecule has 0 saturated carbocycles. The van der Waals surface area contributed by atoms with Gasteiger partial charge in [-0.2, -0.15) is 0 Å². The van der Waals surface area contributed by atoms with Crippen LogP contribution in [-0.2, 0) is 20.2 Å². The van der Waals surface area contributed by atoms with Crippen molar-refractivity contribution in [1.29, 1.82) is 0 Å². The Bertz CT molecular complexity index is 1210. The molecule has 3 aromatic carbocycles. The van der Waals surface area contributed by atoms with E-state index in [-0.39, 0.29) is 113 Å². The molecule has 0 bridgehead atoms. The van der Waals surface area contributed by atoms with Crippen molar-refractivity contribution in [2.24, 2.45) is 0 Å². The van der Waals surface area contributed by atoms with E-state index in [0.717, 1.165) is 16.4 Å². The van der Waals surface area contributed by atoms with Crippen molar-refractivity contribution in [1.82, 2.24) is 0 Å². The molecular formula is C18H13K2O6PS2. The van der Waals surface area contributed by atoms with Gasteiger partial charge in [-0.05, 0) is 51.8 Å². The first-order valence-electron chi connectivity index (χ1n) is 7.58. The van der Waals surface area contributed by atoms with E-state index in [2.05, 4.69) is 9.24 Å². The van der Waals surface area contributed by atoms with Gasteiger partial charge in [0.15, 0.2) is 0 Å². The molecule has 1 atom stereocenters. The summed E-state index contributed by atoms with van der Waals surface area (Å²) >= 11 is 0. The summed E-state index contributed by atoms with van der Waals surface area (Å²) in [5, 5.41) is 0.825. The topological polar surface area (TPSA) is 114 Å². The van der Waals surface area contributed by atoms with Crippen LogP contribution in [0.1, 0.15) is 0 Å². The molecule has 0 fully saturated rings. The van der Waals surface area contributed by atoms with Crippen molar-refractivity contribution in [3.05, 3.63) is 66.7 Å². The van der Waals surface area contributed by atoms with Crippen molar-refractivity contribution >= 4 is 34.8 Å². The Hall–Kier alpha value is 1.18. The molecule has 0 aliphatic rings. The minimum Gasteiger partial charge on any atom is -0.744 e. The van der Waals surface area contributed by atoms with Gasteiger partial charge in [0.25, 0.3) is 0 Å². The van der Waals surface area contributed by atoms with Gasteiger partial charge in [0.05, 0.1) is 9.79 Å². The molecule has 29 heavy (non-hydrogen) atoms. The molecule has 0 aromatic heterocycles. The average Bonchev–Trinajstić information content (AvgIpc) is 2.60. The number of rotatable bonds is 4. The normalized spacial score (nSPS) is 11.3. The minimum absolute atomic E-state index is 0. The average molecular weight is 499 g/mol. The maximum Gasteiger partial charge on any atom is 1.00 e. The van der Waals surface area contributed by atoms with Crippen molar-refractivity contribution in [3.8, 4) is 22.3 Å². The predicted octanol–water partition coefficient (Wildman–Crippen LogP) is -3.66. The second-order valence-corrected chi connectivity index (χ2v) is 9.11. The summed E-state index contributed by atoms with van der Waals surface area (Å²) in [4.78, 5) is -0.640. The zero-order chi connectivity index (χ0) is 19.8. The molecule has 1 unspecified atom stereocenters. The van der Waals surface area contributed by atoms with Crippen molar-refractivity contribution in [2.45, 2.75) is 9.79 Å². The van der Waals surface area contributed by atoms with Crippen molar-refractivity contribution in [3.63, 3.8) is 0 Å². The van der Waals surface area contributed by atoms with Crippen LogP contribution in [0.2, 0.25) is 0 Å². The van der Waals surface area contributed by atoms with Crippen LogP contribution >= 0.6 is 9.24 Å². The minimum atomic E-state index is -4.53. The third-order valence-electron chi connectivity index (χ3n) is 3.98. The first-order chi connectivity index (χ1) is 12.6. The maximum absolute atomic E-state index is 11.1. The van der Waals surface area contributed by atoms with Gasteiger partial charge in [0.1, 0.15) is 20.2 Å². The Balaban J connectivity index is 0.00000210. The van der Waals surface area contributed by atoms with Crippen LogP contribution in [0.25, 0.3) is 22.3 Å². The Morgan fingerprint density at radius 3 is 1.45 bits per heavy atom. The third kappa shape index (κ3) is 7.08. The van der Waals surface area contributed by atoms with Gasteiger partial charge in [-0.25, -0.2) is 16.8 Å². The molecular weight excluding hydrogens is 485 g/mol. The molecule has 0 saturated heterocycles. The van der Waals surface area contributed by atoms with Gasteiger partial charge in [-0.3, -0.25) is 0 Å². The molecule has 0 radical (unpaired) electrons. The van der Waals surface area contributed by atoms with Crippen molar-refractivity contribution < 1.29 is 129 Å². The van der Waals surface area contributed by atoms with Gasteiger partial charge in [0, 0.05) is 0 Å². The van der Waals surface area contributed by atoms with Gasteiger partial charge in [-0.1, -0.05) is 42.5 Å². The summed E-state index contributed by atoms with van der Waals surface area (Å²) in [6.45, 7) is 0. The fourth-order valence-electron chi connectivity index (χ4n) is 2.72. The summed E-state index contributed by atoms with van der Waals surface area (Å²) in [6.07, 6.45) is 0. The smallest absolute Gasteiger partial charge is 0.744 e. The zero-order valence-electron chi connectivity index (χ0n) is 15.7. The van der Waals surface area contributed by atoms with Gasteiger partial charge >= 0.3 is 103 Å². The van der Waals surface area contributed by atoms with Crippen LogP contribution in [-0.4, -0.2) is 25.9 Å². The van der Waals surface area contributed by atoms with Crippen LogP contribution in [0.15, 0.2) is 76.5 Å². The molecule has 0 aliphatic heterocycles. The molecule has 3 rings (SSSR count). The van der Waals surface area contributed by atoms with Crippen LogP contribution in [0.5, 0.6) is 0 Å². The summed E-state index contributed by atoms with van der Waals surface area (Å²) < 4.78 is 66.7. The van der Waals surface area contributed by atoms with Crippen molar-refractivity contribution in [2.75, 3.05) is 0 Å². The fraction of sp³-hybridized carbons (Fsp3) is 0. The maximum atomic E-state index is 11.1. The van der Waals surface area contributed by atoms with E-state index in [0.29, 0.717) is 11.1 Å². The second-order valence-electron chi connectivity index (χ2n) is 5.73. The Morgan fingerprint density at radius 2 is 1.03 bits per heavy atom. The molecule has 0 heterocycles. The second kappa shape index (κ2) is 11.4. The molecule has 6 nitrogen and oxygen atoms in total. The predicted molar refractivity (Wildman–Crippen MR) is 103 cm³/mol. The molecule has 140 valence electrons. The number of hydrogen-bond donors (Lipinski definition) is 0. The largest absolute Gasteiger partial charge is 1.00 e. The van der Waals surface area contributed by atoms with Crippen LogP contribution in [0.4, 0.5) is 0 Å². The quantitative estimate of drug-likeness (QED) is 0.208. The Morgan fingerprint density at radius 1 is 0.621 bits per heavy atom. The molecule has 0 aliphatic carbocycles. The van der Waals surface area contributed by atoms with E-state index >= 15 is 0 Å². The number of hydrogen-bond acceptors (Lipinski definition) is 6. The Kier molecular flexibility index (Phi) is 11.0. The fourth-order valence-corrected chi connectivity index (χ4v) is 4.09. The molecule has 0 N–H and O–H groups in total. The van der Waals surface area contributed by atoms with E-state index in [1.807, 2.05) is 18.2 Å². The standard InChI is InChI=1S/C18H15O6PS2.2K/c19-26(20,21)14-8-4-12(5-9-14)16-2-1-3-17(25)18(16)13-6-10-15(11-7-13)27(22,23)24;;/h1-11H,25H2,(H,19,20,21)(H,22,23,24);;/q;2*+1/p-2. The molecule has 0 spiro atoms. The van der Waals surface area contributed by atoms with Gasteiger partial charge in [0.2, 0.25) is 0 Å². The van der Waals surface area contributed by atoms with E-state index in [4.69, 9.17) is 0 Å². The summed E-state index contributed by atoms with van der Waals surface area (Å²) in [7, 11) is -6.48. The van der Waals surface area contributed by atoms with Gasteiger partial charge < -0.3 is 9.11 Å². The van der Waals surface area contributed by atoms with Crippen LogP contribution < -0.4 is 108 Å². The summed E-state index contributed by atoms with van der Waals surface area (Å²) in [5.74, 6) is 0. The van der Waals surface area contributed by atoms with Crippen LogP contribution in [0, 0.1) is 0 Å². The van der Waals surface area contributed by atoms with E-state index in [9.17, 15) is 25.9 Å². The first kappa shape index (κ1) is 28.2. The summed E-state index contributed by atoms with van der Waals surface area (Å²) in [5.41, 5.74) is 2.90. The van der Waals surface area contributed by atoms with Crippen LogP contribution in [0.3, 0.4) is 0 Å². The zero-order valence-corrected chi connectivity index (χ0v) is 24.7. The van der Waals surface area contributed by atoms with Gasteiger partial charge in [-0.15, -0.1) is 9.24 Å².